The number of aldehydes is 1. The van der Waals surface area contributed by atoms with Crippen LogP contribution in [0.3, 0.4) is 0 Å². The fourth-order valence-electron chi connectivity index (χ4n) is 10.8. The number of unbranched alkanes of at least 4 members (excludes halogenated alkanes) is 3. The molecule has 2 aromatic rings. The fraction of sp³-hybridized carbons (Fsp3) is 0.635. The van der Waals surface area contributed by atoms with E-state index in [-0.39, 0.29) is 56.6 Å². The first-order chi connectivity index (χ1) is 39.0. The highest BCUT2D eigenvalue weighted by Gasteiger charge is 2.61. The highest BCUT2D eigenvalue weighted by Crippen LogP contribution is 2.42. The van der Waals surface area contributed by atoms with Gasteiger partial charge in [0.05, 0.1) is 54.5 Å². The number of hydroxylamine groups is 2. The van der Waals surface area contributed by atoms with Gasteiger partial charge in [-0.2, -0.15) is 0 Å². The number of carbonyl (C=O) groups excluding carboxylic acids is 11. The van der Waals surface area contributed by atoms with Crippen LogP contribution >= 0.6 is 11.8 Å². The van der Waals surface area contributed by atoms with Gasteiger partial charge < -0.3 is 67.8 Å². The largest absolute Gasteiger partial charge is 0.465 e. The smallest absolute Gasteiger partial charge is 0.254 e. The van der Waals surface area contributed by atoms with Crippen LogP contribution in [0.2, 0.25) is 0 Å². The highest BCUT2D eigenvalue weighted by atomic mass is 32.2. The number of aliphatic hydroxyl groups is 4. The first kappa shape index (κ1) is 63.0. The van der Waals surface area contributed by atoms with E-state index in [1.54, 1.807) is 26.0 Å². The Morgan fingerprint density at radius 1 is 0.902 bits per heavy atom. The Kier molecular flexibility index (Phi) is 21.2. The third kappa shape index (κ3) is 14.6. The molecule has 7 heterocycles. The number of H-pyrrole nitrogens is 1. The predicted molar refractivity (Wildman–Crippen MR) is 287 cm³/mol. The summed E-state index contributed by atoms with van der Waals surface area (Å²) in [6, 6.07) is -3.15. The monoisotopic (exact) mass is 1170 g/mol. The number of aromatic nitrogens is 1. The van der Waals surface area contributed by atoms with Crippen LogP contribution < -0.4 is 53.0 Å². The van der Waals surface area contributed by atoms with Crippen molar-refractivity contribution < 1.29 is 82.7 Å². The van der Waals surface area contributed by atoms with E-state index in [0.717, 1.165) is 11.8 Å². The van der Waals surface area contributed by atoms with Crippen molar-refractivity contribution in [2.75, 3.05) is 38.5 Å². The van der Waals surface area contributed by atoms with E-state index in [2.05, 4.69) is 47.5 Å². The van der Waals surface area contributed by atoms with Crippen molar-refractivity contribution >= 4 is 87.9 Å². The molecule has 0 saturated carbocycles. The predicted octanol–water partition coefficient (Wildman–Crippen LogP) is -4.22. The summed E-state index contributed by atoms with van der Waals surface area (Å²) in [4.78, 5) is 163. The number of hydrogen-bond donors (Lipinski definition) is 14. The second-order valence-electron chi connectivity index (χ2n) is 21.4. The Hall–Kier alpha value is -6.64. The topological polar surface area (TPSA) is 432 Å². The Labute approximate surface area is 475 Å². The summed E-state index contributed by atoms with van der Waals surface area (Å²) in [5, 5.41) is 66.5. The standard InChI is InChI=1S/C52H74N12O17S/c1-4-26(2)42-47(77)56-20-38(70)57-35-24-82-49-31-18-34(45(75)55-21-39(71)61-42)59-48(78)43(27(3)36(68)23-65)62-51(25-66)19-28(67)22-63(51)52(80-29-9-10-30(31)33(17-29)60-49,44(74)32(58-46(35)76)11-12-37(53)69)15-7-5-6-8-16-54-50(79)81-64-40(72)13-14-41(64)73/h9-10,17,25-28,32,34-36,42-43,50,54,60,62,65,67-68,79H,4-8,11-16,18-24H2,1-3H3,(H2,53,69)(H,55,75)(H,56,77)(H,57,70)(H,58,76)(H,59,78)(H,61,71)/t26-,27-,28+,32-,34?,35?,36-,42-,43-,50?,51-,52?/m0/s1. The van der Waals surface area contributed by atoms with Crippen LogP contribution in [0.15, 0.2) is 23.2 Å². The zero-order chi connectivity index (χ0) is 59.6. The van der Waals surface area contributed by atoms with E-state index in [9.17, 15) is 63.6 Å². The molecule has 0 radical (unpaired) electrons. The zero-order valence-electron chi connectivity index (χ0n) is 45.8. The lowest BCUT2D eigenvalue weighted by Crippen LogP contribution is -2.74. The molecule has 6 aliphatic rings. The van der Waals surface area contributed by atoms with Crippen LogP contribution in [-0.4, -0.2) is 199 Å². The average Bonchev–Trinajstić information content (AvgIpc) is 2.22. The number of aliphatic hydroxyl groups excluding tert-OH is 4. The number of carbonyl (C=O) groups is 11. The molecule has 29 nitrogen and oxygen atoms in total. The van der Waals surface area contributed by atoms with Gasteiger partial charge in [-0.15, -0.1) is 16.8 Å². The number of hydrogen-bond acceptors (Lipinski definition) is 21. The number of nitrogens with one attached hydrogen (secondary N) is 9. The number of amides is 9. The molecule has 82 heavy (non-hydrogen) atoms. The molecule has 450 valence electrons. The third-order valence-electron chi connectivity index (χ3n) is 15.6. The van der Waals surface area contributed by atoms with E-state index in [4.69, 9.17) is 15.3 Å². The lowest BCUT2D eigenvalue weighted by molar-refractivity contribution is -0.253. The van der Waals surface area contributed by atoms with Gasteiger partial charge in [0.2, 0.25) is 59.3 Å². The van der Waals surface area contributed by atoms with Crippen molar-refractivity contribution in [3.05, 3.63) is 23.8 Å². The van der Waals surface area contributed by atoms with Crippen molar-refractivity contribution in [1.29, 1.82) is 0 Å². The summed E-state index contributed by atoms with van der Waals surface area (Å²) in [6.45, 7) is 2.10. The quantitative estimate of drug-likeness (QED) is 0.0274. The van der Waals surface area contributed by atoms with Crippen molar-refractivity contribution in [3.63, 3.8) is 0 Å². The summed E-state index contributed by atoms with van der Waals surface area (Å²) >= 11 is 1.01. The van der Waals surface area contributed by atoms with E-state index >= 15 is 9.59 Å². The first-order valence-corrected chi connectivity index (χ1v) is 28.5. The average molecular weight is 1170 g/mol. The van der Waals surface area contributed by atoms with Crippen LogP contribution in [-0.2, 0) is 64.0 Å². The lowest BCUT2D eigenvalue weighted by atomic mass is 9.87. The van der Waals surface area contributed by atoms with Crippen molar-refractivity contribution in [2.45, 2.75) is 163 Å². The summed E-state index contributed by atoms with van der Waals surface area (Å²) in [6.07, 6.45) is -5.43. The van der Waals surface area contributed by atoms with Gasteiger partial charge in [-0.1, -0.05) is 40.0 Å². The van der Waals surface area contributed by atoms with E-state index in [1.807, 2.05) is 0 Å². The van der Waals surface area contributed by atoms with Crippen LogP contribution in [0.25, 0.3) is 10.9 Å². The molecule has 1 aromatic carbocycles. The molecule has 30 heteroatoms. The number of rotatable bonds is 19. The maximum Gasteiger partial charge on any atom is 0.254 e. The highest BCUT2D eigenvalue weighted by molar-refractivity contribution is 7.99. The molecule has 8 rings (SSSR count). The number of Topliss-reactive ketones (excluding diaryl/α,β-unsaturated/α-hetero) is 1. The molecule has 2 fully saturated rings. The third-order valence-corrected chi connectivity index (χ3v) is 16.7. The summed E-state index contributed by atoms with van der Waals surface area (Å²) < 4.78 is 7.04. The molecule has 0 spiro atoms. The van der Waals surface area contributed by atoms with Crippen LogP contribution in [0, 0.1) is 11.8 Å². The molecule has 15 N–H and O–H groups in total. The van der Waals surface area contributed by atoms with Gasteiger partial charge in [0, 0.05) is 68.2 Å². The fourth-order valence-corrected chi connectivity index (χ4v) is 12.0. The van der Waals surface area contributed by atoms with E-state index < -0.39 is 177 Å². The molecule has 4 unspecified atom stereocenters. The Morgan fingerprint density at radius 3 is 2.28 bits per heavy atom. The number of imide groups is 1. The summed E-state index contributed by atoms with van der Waals surface area (Å²) in [5.41, 5.74) is 1.60. The van der Waals surface area contributed by atoms with Crippen LogP contribution in [0.5, 0.6) is 5.75 Å². The maximum absolute atomic E-state index is 16.3. The summed E-state index contributed by atoms with van der Waals surface area (Å²) in [5.74, 6) is -10.5. The van der Waals surface area contributed by atoms with Gasteiger partial charge in [0.25, 0.3) is 11.8 Å². The minimum absolute atomic E-state index is 0.00465. The van der Waals surface area contributed by atoms with Gasteiger partial charge in [-0.05, 0) is 49.4 Å². The number of fused-ring (bicyclic) bond motifs is 6. The molecule has 0 aliphatic carbocycles. The van der Waals surface area contributed by atoms with Gasteiger partial charge >= 0.3 is 0 Å². The molecule has 2 saturated heterocycles. The Bertz CT molecular complexity index is 2750. The van der Waals surface area contributed by atoms with E-state index in [0.29, 0.717) is 52.1 Å². The molecule has 12 atom stereocenters. The SMILES string of the molecule is CC[C@H](C)[C@@H]1NC(=O)CNC(=O)C2Cc3c4[nH]c5cc(ccc35)OC(CCCCCCNC(O)ON3C(=O)CCC3=O)(C(=O)[C@H](CCC(N)=O)NC(=O)C(CS4)NC(=O)CNC1=O)N1C[C@H](O)C[C@]1(C=O)N[C@@H]([C@@H](C)[C@@H](O)CO)C(=O)N2. The number of ether oxygens (including phenoxy) is 1. The molecule has 6 aliphatic heterocycles. The van der Waals surface area contributed by atoms with Crippen molar-refractivity contribution in [1.82, 2.24) is 57.5 Å². The number of thioether (sulfide) groups is 1. The number of nitrogens with zero attached hydrogens (tertiary/aromatic N) is 2. The Balaban J connectivity index is 1.40. The molecular weight excluding hydrogens is 1100 g/mol. The van der Waals surface area contributed by atoms with Crippen LogP contribution in [0.1, 0.15) is 97.0 Å². The molecule has 9 amide bonds. The minimum Gasteiger partial charge on any atom is -0.465 e. The van der Waals surface area contributed by atoms with Gasteiger partial charge in [0.15, 0.2) is 6.29 Å². The van der Waals surface area contributed by atoms with Crippen molar-refractivity contribution in [2.24, 2.45) is 17.6 Å². The van der Waals surface area contributed by atoms with E-state index in [1.165, 1.54) is 17.9 Å². The maximum atomic E-state index is 16.3. The molecule has 8 bridgehead atoms. The number of ketones is 1. The second kappa shape index (κ2) is 27.6. The number of primary amides is 1. The first-order valence-electron chi connectivity index (χ1n) is 27.5. The second-order valence-corrected chi connectivity index (χ2v) is 22.4. The minimum atomic E-state index is -2.49. The normalized spacial score (nSPS) is 28.7. The lowest BCUT2D eigenvalue weighted by Gasteiger charge is -2.49. The van der Waals surface area contributed by atoms with Gasteiger partial charge in [0.1, 0.15) is 29.5 Å². The number of benzene rings is 1. The molecular formula is C52H74N12O17S. The van der Waals surface area contributed by atoms with Crippen molar-refractivity contribution in [3.8, 4) is 5.75 Å². The summed E-state index contributed by atoms with van der Waals surface area (Å²) in [7, 11) is 0. The van der Waals surface area contributed by atoms with Crippen LogP contribution in [0.4, 0.5) is 0 Å². The Morgan fingerprint density at radius 2 is 1.60 bits per heavy atom. The van der Waals surface area contributed by atoms with Gasteiger partial charge in [-0.25, -0.2) is 9.74 Å². The zero-order valence-corrected chi connectivity index (χ0v) is 46.6. The van der Waals surface area contributed by atoms with Gasteiger partial charge in [-0.3, -0.25) is 63.4 Å². The molecule has 1 aromatic heterocycles. The number of nitrogens with two attached hydrogens (primary N) is 1. The number of aromatic amines is 1.